The van der Waals surface area contributed by atoms with E-state index in [-0.39, 0.29) is 24.3 Å². The van der Waals surface area contributed by atoms with Crippen LogP contribution in [-0.4, -0.2) is 58.1 Å². The van der Waals surface area contributed by atoms with Gasteiger partial charge in [-0.3, -0.25) is 9.59 Å². The predicted octanol–water partition coefficient (Wildman–Crippen LogP) is 6.04. The van der Waals surface area contributed by atoms with Gasteiger partial charge in [0.2, 0.25) is 11.8 Å². The summed E-state index contributed by atoms with van der Waals surface area (Å²) in [7, 11) is 0. The number of amides is 3. The largest absolute Gasteiger partial charge is 0.458 e. The van der Waals surface area contributed by atoms with Gasteiger partial charge in [0.15, 0.2) is 0 Å². The van der Waals surface area contributed by atoms with Crippen molar-refractivity contribution in [1.29, 1.82) is 0 Å². The molecule has 1 aliphatic carbocycles. The first-order chi connectivity index (χ1) is 20.9. The van der Waals surface area contributed by atoms with Gasteiger partial charge in [0, 0.05) is 12.5 Å². The zero-order valence-electron chi connectivity index (χ0n) is 28.3. The summed E-state index contributed by atoms with van der Waals surface area (Å²) in [6.45, 7) is 16.5. The Kier molecular flexibility index (Phi) is 11.8. The van der Waals surface area contributed by atoms with Crippen LogP contribution in [0.1, 0.15) is 97.4 Å². The van der Waals surface area contributed by atoms with E-state index in [9.17, 15) is 19.2 Å². The number of rotatable bonds is 12. The Morgan fingerprint density at radius 1 is 0.844 bits per heavy atom. The van der Waals surface area contributed by atoms with Gasteiger partial charge >= 0.3 is 12.1 Å². The molecule has 0 saturated heterocycles. The first-order valence-corrected chi connectivity index (χ1v) is 15.9. The number of esters is 1. The molecule has 1 saturated carbocycles. The van der Waals surface area contributed by atoms with Crippen molar-refractivity contribution >= 4 is 23.9 Å². The van der Waals surface area contributed by atoms with Crippen molar-refractivity contribution in [1.82, 2.24) is 15.5 Å². The Morgan fingerprint density at radius 3 is 2.00 bits per heavy atom. The first kappa shape index (κ1) is 35.6. The molecule has 2 aromatic carbocycles. The number of ether oxygens (including phenoxy) is 2. The summed E-state index contributed by atoms with van der Waals surface area (Å²) in [5.74, 6) is -1.34. The van der Waals surface area contributed by atoms with E-state index < -0.39 is 47.3 Å². The number of nitrogens with zero attached hydrogens (tertiary/aromatic N) is 1. The molecule has 0 radical (unpaired) electrons. The third-order valence-electron chi connectivity index (χ3n) is 7.07. The number of nitrogens with one attached hydrogen (secondary N) is 2. The Balaban J connectivity index is 2.03. The van der Waals surface area contributed by atoms with Crippen LogP contribution in [0.5, 0.6) is 0 Å². The summed E-state index contributed by atoms with van der Waals surface area (Å²) < 4.78 is 11.2. The molecule has 0 spiro atoms. The molecule has 246 valence electrons. The highest BCUT2D eigenvalue weighted by atomic mass is 16.6. The molecule has 45 heavy (non-hydrogen) atoms. The number of hydrogen-bond acceptors (Lipinski definition) is 6. The highest BCUT2D eigenvalue weighted by Crippen LogP contribution is 2.36. The average molecular weight is 622 g/mol. The molecule has 9 nitrogen and oxygen atoms in total. The number of alkyl carbamates (subject to hydrolysis) is 1. The Morgan fingerprint density at radius 2 is 1.47 bits per heavy atom. The highest BCUT2D eigenvalue weighted by Gasteiger charge is 2.45. The molecule has 0 heterocycles. The second-order valence-corrected chi connectivity index (χ2v) is 14.4. The summed E-state index contributed by atoms with van der Waals surface area (Å²) in [6.07, 6.45) is 1.33. The van der Waals surface area contributed by atoms with Gasteiger partial charge in [-0.05, 0) is 84.8 Å². The van der Waals surface area contributed by atoms with Crippen LogP contribution < -0.4 is 10.6 Å². The summed E-state index contributed by atoms with van der Waals surface area (Å²) in [4.78, 5) is 56.8. The van der Waals surface area contributed by atoms with E-state index in [2.05, 4.69) is 10.6 Å². The Bertz CT molecular complexity index is 1320. The van der Waals surface area contributed by atoms with Crippen molar-refractivity contribution in [2.45, 2.75) is 123 Å². The first-order valence-electron chi connectivity index (χ1n) is 15.9. The van der Waals surface area contributed by atoms with E-state index >= 15 is 0 Å². The normalized spacial score (nSPS) is 15.4. The number of benzene rings is 2. The van der Waals surface area contributed by atoms with Gasteiger partial charge in [0.1, 0.15) is 29.3 Å². The van der Waals surface area contributed by atoms with E-state index in [4.69, 9.17) is 9.47 Å². The maximum Gasteiger partial charge on any atom is 0.408 e. The van der Waals surface area contributed by atoms with Crippen LogP contribution in [-0.2, 0) is 30.3 Å². The molecule has 3 atom stereocenters. The highest BCUT2D eigenvalue weighted by molar-refractivity contribution is 5.94. The Hall–Kier alpha value is -3.88. The quantitative estimate of drug-likeness (QED) is 0.280. The Labute approximate surface area is 268 Å². The molecule has 0 aliphatic heterocycles. The van der Waals surface area contributed by atoms with Gasteiger partial charge < -0.3 is 25.0 Å². The lowest BCUT2D eigenvalue weighted by Crippen LogP contribution is -2.55. The van der Waals surface area contributed by atoms with Crippen LogP contribution in [0.15, 0.2) is 54.6 Å². The van der Waals surface area contributed by atoms with Crippen molar-refractivity contribution in [3.8, 4) is 0 Å². The van der Waals surface area contributed by atoms with Gasteiger partial charge in [-0.2, -0.15) is 0 Å². The van der Waals surface area contributed by atoms with Gasteiger partial charge in [-0.25, -0.2) is 9.59 Å². The molecule has 0 aromatic heterocycles. The molecule has 9 heteroatoms. The SMILES string of the molecule is Cc1cccc(C(C(=O)NC(Cc2ccccc2)C(=O)OC(C)(C)C)N(C(=O)C(CC(C)C)NC(=O)OC(C)(C)C)C2CC2)c1. The molecule has 0 bridgehead atoms. The lowest BCUT2D eigenvalue weighted by molar-refractivity contribution is -0.159. The van der Waals surface area contributed by atoms with E-state index in [1.165, 1.54) is 0 Å². The maximum absolute atomic E-state index is 14.4. The third kappa shape index (κ3) is 11.5. The predicted molar refractivity (Wildman–Crippen MR) is 174 cm³/mol. The van der Waals surface area contributed by atoms with Gasteiger partial charge in [-0.15, -0.1) is 0 Å². The summed E-state index contributed by atoms with van der Waals surface area (Å²) >= 11 is 0. The molecule has 3 amide bonds. The fourth-order valence-electron chi connectivity index (χ4n) is 5.14. The number of carbonyl (C=O) groups excluding carboxylic acids is 4. The average Bonchev–Trinajstić information content (AvgIpc) is 3.74. The second-order valence-electron chi connectivity index (χ2n) is 14.4. The van der Waals surface area contributed by atoms with Crippen molar-refractivity contribution < 1.29 is 28.7 Å². The minimum atomic E-state index is -1.04. The van der Waals surface area contributed by atoms with Crippen LogP contribution in [0.4, 0.5) is 4.79 Å². The molecule has 2 aromatic rings. The van der Waals surface area contributed by atoms with Crippen LogP contribution in [0, 0.1) is 12.8 Å². The van der Waals surface area contributed by atoms with Crippen LogP contribution >= 0.6 is 0 Å². The third-order valence-corrected chi connectivity index (χ3v) is 7.07. The van der Waals surface area contributed by atoms with Gasteiger partial charge in [0.25, 0.3) is 0 Å². The van der Waals surface area contributed by atoms with E-state index in [1.54, 1.807) is 46.4 Å². The monoisotopic (exact) mass is 621 g/mol. The van der Waals surface area contributed by atoms with Gasteiger partial charge in [0.05, 0.1) is 0 Å². The zero-order valence-corrected chi connectivity index (χ0v) is 28.3. The molecule has 1 aliphatic rings. The van der Waals surface area contributed by atoms with Crippen molar-refractivity contribution in [2.75, 3.05) is 0 Å². The zero-order chi connectivity index (χ0) is 33.5. The van der Waals surface area contributed by atoms with E-state index in [1.807, 2.05) is 75.4 Å². The van der Waals surface area contributed by atoms with Crippen molar-refractivity contribution in [2.24, 2.45) is 5.92 Å². The lowest BCUT2D eigenvalue weighted by Gasteiger charge is -2.36. The van der Waals surface area contributed by atoms with Crippen LogP contribution in [0.25, 0.3) is 0 Å². The number of aryl methyl sites for hydroxylation is 1. The summed E-state index contributed by atoms with van der Waals surface area (Å²) in [5.41, 5.74) is 0.892. The molecule has 1 fully saturated rings. The van der Waals surface area contributed by atoms with Gasteiger partial charge in [-0.1, -0.05) is 74.0 Å². The van der Waals surface area contributed by atoms with Crippen molar-refractivity contribution in [3.63, 3.8) is 0 Å². The summed E-state index contributed by atoms with van der Waals surface area (Å²) in [5, 5.41) is 5.74. The molecular weight excluding hydrogens is 570 g/mol. The van der Waals surface area contributed by atoms with E-state index in [0.717, 1.165) is 24.0 Å². The van der Waals surface area contributed by atoms with Crippen molar-refractivity contribution in [3.05, 3.63) is 71.3 Å². The molecular formula is C36H51N3O6. The molecule has 2 N–H and O–H groups in total. The van der Waals surface area contributed by atoms with Crippen LogP contribution in [0.3, 0.4) is 0 Å². The number of carbonyl (C=O) groups is 4. The lowest BCUT2D eigenvalue weighted by atomic mass is 9.97. The number of hydrogen-bond donors (Lipinski definition) is 2. The maximum atomic E-state index is 14.4. The summed E-state index contributed by atoms with van der Waals surface area (Å²) in [6, 6.07) is 13.7. The fraction of sp³-hybridized carbons (Fsp3) is 0.556. The fourth-order valence-corrected chi connectivity index (χ4v) is 5.14. The van der Waals surface area contributed by atoms with Crippen LogP contribution in [0.2, 0.25) is 0 Å². The minimum absolute atomic E-state index is 0.0728. The van der Waals surface area contributed by atoms with E-state index in [0.29, 0.717) is 12.0 Å². The topological polar surface area (TPSA) is 114 Å². The standard InChI is InChI=1S/C36H51N3O6/c1-23(2)20-28(38-34(43)45-36(7,8)9)32(41)39(27-18-19-27)30(26-17-13-14-24(3)21-26)31(40)37-29(33(42)44-35(4,5)6)22-25-15-11-10-12-16-25/h10-17,21,23,27-30H,18-20,22H2,1-9H3,(H,37,40)(H,38,43). The minimum Gasteiger partial charge on any atom is -0.458 e. The molecule has 3 unspecified atom stereocenters. The second kappa shape index (κ2) is 14.9. The smallest absolute Gasteiger partial charge is 0.408 e. The molecule has 3 rings (SSSR count).